The van der Waals surface area contributed by atoms with Crippen LogP contribution in [0.2, 0.25) is 0 Å². The minimum absolute atomic E-state index is 0.0233. The summed E-state index contributed by atoms with van der Waals surface area (Å²) >= 11 is 1.73. The van der Waals surface area contributed by atoms with Crippen molar-refractivity contribution < 1.29 is 17.7 Å². The summed E-state index contributed by atoms with van der Waals surface area (Å²) < 4.78 is 32.4. The van der Waals surface area contributed by atoms with Crippen molar-refractivity contribution in [2.45, 2.75) is 50.5 Å². The minimum Gasteiger partial charge on any atom is -0.360 e. The Hall–Kier alpha value is -1.75. The standard InChI is InChI=1S/C21H30N4O4S2/c1-15-20(16(2)29-23-15)31(27,28)25-11-7-17(8-12-25)21(26)22-14-18(19-6-5-13-30-19)24-9-3-4-10-24/h5-6,13,17-18H,3-4,7-12,14H2,1-2H3,(H,22,26). The molecule has 0 aliphatic carbocycles. The van der Waals surface area contributed by atoms with Crippen LogP contribution in [0, 0.1) is 19.8 Å². The van der Waals surface area contributed by atoms with Crippen LogP contribution in [-0.4, -0.2) is 61.4 Å². The normalized spacial score (nSPS) is 20.2. The molecule has 170 valence electrons. The lowest BCUT2D eigenvalue weighted by atomic mass is 9.97. The van der Waals surface area contributed by atoms with Gasteiger partial charge in [-0.15, -0.1) is 11.3 Å². The van der Waals surface area contributed by atoms with Gasteiger partial charge in [-0.2, -0.15) is 4.31 Å². The fourth-order valence-electron chi connectivity index (χ4n) is 4.62. The van der Waals surface area contributed by atoms with Crippen molar-refractivity contribution in [3.8, 4) is 0 Å². The quantitative estimate of drug-likeness (QED) is 0.674. The maximum absolute atomic E-state index is 13.0. The number of carbonyl (C=O) groups excluding carboxylic acids is 1. The monoisotopic (exact) mass is 466 g/mol. The Morgan fingerprint density at radius 3 is 2.55 bits per heavy atom. The van der Waals surface area contributed by atoms with E-state index < -0.39 is 10.0 Å². The lowest BCUT2D eigenvalue weighted by Gasteiger charge is -2.31. The van der Waals surface area contributed by atoms with E-state index in [4.69, 9.17) is 4.52 Å². The lowest BCUT2D eigenvalue weighted by Crippen LogP contribution is -2.44. The smallest absolute Gasteiger partial charge is 0.248 e. The van der Waals surface area contributed by atoms with Crippen LogP contribution < -0.4 is 5.32 Å². The number of amides is 1. The molecule has 2 aliphatic heterocycles. The van der Waals surface area contributed by atoms with Gasteiger partial charge in [0.15, 0.2) is 5.76 Å². The molecule has 0 radical (unpaired) electrons. The largest absolute Gasteiger partial charge is 0.360 e. The SMILES string of the molecule is Cc1noc(C)c1S(=O)(=O)N1CCC(C(=O)NCC(c2cccs2)N2CCCC2)CC1. The first-order valence-electron chi connectivity index (χ1n) is 10.9. The van der Waals surface area contributed by atoms with Crippen LogP contribution in [0.25, 0.3) is 0 Å². The number of hydrogen-bond donors (Lipinski definition) is 1. The zero-order chi connectivity index (χ0) is 22.0. The highest BCUT2D eigenvalue weighted by Gasteiger charge is 2.35. The lowest BCUT2D eigenvalue weighted by molar-refractivity contribution is -0.126. The Morgan fingerprint density at radius 2 is 1.97 bits per heavy atom. The molecule has 0 bridgehead atoms. The fraction of sp³-hybridized carbons (Fsp3) is 0.619. The third-order valence-electron chi connectivity index (χ3n) is 6.31. The Labute approximate surface area is 187 Å². The summed E-state index contributed by atoms with van der Waals surface area (Å²) in [4.78, 5) is 16.7. The van der Waals surface area contributed by atoms with Crippen LogP contribution in [0.4, 0.5) is 0 Å². The van der Waals surface area contributed by atoms with Gasteiger partial charge in [0.2, 0.25) is 15.9 Å². The van der Waals surface area contributed by atoms with Crippen molar-refractivity contribution in [1.82, 2.24) is 19.7 Å². The van der Waals surface area contributed by atoms with Crippen LogP contribution in [0.1, 0.15) is 48.1 Å². The predicted molar refractivity (Wildman–Crippen MR) is 118 cm³/mol. The van der Waals surface area contributed by atoms with E-state index in [1.165, 1.54) is 22.0 Å². The molecule has 4 rings (SSSR count). The second-order valence-electron chi connectivity index (χ2n) is 8.35. The molecule has 1 amide bonds. The summed E-state index contributed by atoms with van der Waals surface area (Å²) in [6.45, 7) is 6.62. The number of nitrogens with one attached hydrogen (secondary N) is 1. The predicted octanol–water partition coefficient (Wildman–Crippen LogP) is 2.71. The van der Waals surface area contributed by atoms with Gasteiger partial charge in [-0.05, 0) is 64.1 Å². The van der Waals surface area contributed by atoms with Crippen LogP contribution in [0.3, 0.4) is 0 Å². The van der Waals surface area contributed by atoms with Gasteiger partial charge in [-0.3, -0.25) is 9.69 Å². The highest BCUT2D eigenvalue weighted by Crippen LogP contribution is 2.29. The maximum atomic E-state index is 13.0. The van der Waals surface area contributed by atoms with Crippen molar-refractivity contribution in [3.63, 3.8) is 0 Å². The summed E-state index contributed by atoms with van der Waals surface area (Å²) in [6, 6.07) is 4.41. The molecule has 10 heteroatoms. The first kappa shape index (κ1) is 22.4. The third kappa shape index (κ3) is 4.72. The number of aromatic nitrogens is 1. The summed E-state index contributed by atoms with van der Waals surface area (Å²) in [5, 5.41) is 9.00. The molecule has 1 N–H and O–H groups in total. The molecule has 0 spiro atoms. The number of piperidine rings is 1. The number of rotatable bonds is 7. The van der Waals surface area contributed by atoms with Gasteiger partial charge in [-0.1, -0.05) is 11.2 Å². The van der Waals surface area contributed by atoms with Gasteiger partial charge in [-0.25, -0.2) is 8.42 Å². The molecule has 2 saturated heterocycles. The molecule has 2 aromatic rings. The molecular weight excluding hydrogens is 436 g/mol. The van der Waals surface area contributed by atoms with Gasteiger partial charge in [0.1, 0.15) is 10.6 Å². The third-order valence-corrected chi connectivity index (χ3v) is 9.43. The molecule has 0 saturated carbocycles. The van der Waals surface area contributed by atoms with Crippen molar-refractivity contribution >= 4 is 27.3 Å². The number of carbonyl (C=O) groups is 1. The highest BCUT2D eigenvalue weighted by molar-refractivity contribution is 7.89. The van der Waals surface area contributed by atoms with Crippen LogP contribution in [0.5, 0.6) is 0 Å². The van der Waals surface area contributed by atoms with E-state index in [-0.39, 0.29) is 22.8 Å². The van der Waals surface area contributed by atoms with E-state index in [9.17, 15) is 13.2 Å². The average Bonchev–Trinajstić information content (AvgIpc) is 3.52. The summed E-state index contributed by atoms with van der Waals surface area (Å²) in [6.07, 6.45) is 3.44. The second-order valence-corrected chi connectivity index (χ2v) is 11.2. The van der Waals surface area contributed by atoms with E-state index in [0.717, 1.165) is 13.1 Å². The Kier molecular flexibility index (Phi) is 6.80. The molecule has 4 heterocycles. The van der Waals surface area contributed by atoms with Crippen molar-refractivity contribution in [1.29, 1.82) is 0 Å². The van der Waals surface area contributed by atoms with E-state index in [2.05, 4.69) is 32.9 Å². The van der Waals surface area contributed by atoms with Gasteiger partial charge in [0.25, 0.3) is 0 Å². The number of aryl methyl sites for hydroxylation is 2. The number of sulfonamides is 1. The number of nitrogens with zero attached hydrogens (tertiary/aromatic N) is 3. The Morgan fingerprint density at radius 1 is 1.26 bits per heavy atom. The van der Waals surface area contributed by atoms with Gasteiger partial charge >= 0.3 is 0 Å². The van der Waals surface area contributed by atoms with Crippen LogP contribution >= 0.6 is 11.3 Å². The molecule has 2 aromatic heterocycles. The molecule has 2 aliphatic rings. The molecule has 1 unspecified atom stereocenters. The van der Waals surface area contributed by atoms with Crippen LogP contribution in [0.15, 0.2) is 26.9 Å². The first-order chi connectivity index (χ1) is 14.9. The summed E-state index contributed by atoms with van der Waals surface area (Å²) in [5.74, 6) is 0.160. The van der Waals surface area contributed by atoms with Crippen molar-refractivity contribution in [2.75, 3.05) is 32.7 Å². The number of likely N-dealkylation sites (tertiary alicyclic amines) is 1. The van der Waals surface area contributed by atoms with E-state index in [0.29, 0.717) is 43.9 Å². The second kappa shape index (κ2) is 9.40. The molecule has 0 aromatic carbocycles. The molecule has 1 atom stereocenters. The van der Waals surface area contributed by atoms with Gasteiger partial charge < -0.3 is 9.84 Å². The Bertz CT molecular complexity index is 969. The molecule has 8 nitrogen and oxygen atoms in total. The minimum atomic E-state index is -3.66. The Balaban J connectivity index is 1.34. The molecule has 2 fully saturated rings. The van der Waals surface area contributed by atoms with Crippen molar-refractivity contribution in [3.05, 3.63) is 33.8 Å². The average molecular weight is 467 g/mol. The fourth-order valence-corrected chi connectivity index (χ4v) is 7.24. The van der Waals surface area contributed by atoms with E-state index in [1.807, 2.05) is 0 Å². The maximum Gasteiger partial charge on any atom is 0.248 e. The van der Waals surface area contributed by atoms with Crippen molar-refractivity contribution in [2.24, 2.45) is 5.92 Å². The molecule has 31 heavy (non-hydrogen) atoms. The summed E-state index contributed by atoms with van der Waals surface area (Å²) in [7, 11) is -3.66. The summed E-state index contributed by atoms with van der Waals surface area (Å²) in [5.41, 5.74) is 0.374. The van der Waals surface area contributed by atoms with Gasteiger partial charge in [0, 0.05) is 30.4 Å². The molecular formula is C21H30N4O4S2. The zero-order valence-electron chi connectivity index (χ0n) is 18.0. The zero-order valence-corrected chi connectivity index (χ0v) is 19.7. The topological polar surface area (TPSA) is 95.8 Å². The van der Waals surface area contributed by atoms with E-state index >= 15 is 0 Å². The van der Waals surface area contributed by atoms with Gasteiger partial charge in [0.05, 0.1) is 6.04 Å². The highest BCUT2D eigenvalue weighted by atomic mass is 32.2. The number of hydrogen-bond acceptors (Lipinski definition) is 7. The van der Waals surface area contributed by atoms with E-state index in [1.54, 1.807) is 25.2 Å². The first-order valence-corrected chi connectivity index (χ1v) is 13.2. The van der Waals surface area contributed by atoms with Crippen LogP contribution in [-0.2, 0) is 14.8 Å². The number of thiophene rings is 1.